The summed E-state index contributed by atoms with van der Waals surface area (Å²) < 4.78 is 0.860. The molecule has 1 aromatic rings. The van der Waals surface area contributed by atoms with Crippen molar-refractivity contribution in [2.75, 3.05) is 18.5 Å². The van der Waals surface area contributed by atoms with E-state index in [-0.39, 0.29) is 19.2 Å². The molecule has 0 saturated heterocycles. The van der Waals surface area contributed by atoms with E-state index in [2.05, 4.69) is 33.2 Å². The first kappa shape index (κ1) is 12.5. The van der Waals surface area contributed by atoms with Crippen LogP contribution in [0.4, 0.5) is 10.5 Å². The van der Waals surface area contributed by atoms with E-state index in [9.17, 15) is 4.79 Å². The lowest BCUT2D eigenvalue weighted by molar-refractivity contribution is 0.245. The monoisotopic (exact) mass is 340 g/mol. The Labute approximate surface area is 106 Å². The highest BCUT2D eigenvalue weighted by molar-refractivity contribution is 14.1. The molecule has 1 aromatic carbocycles. The molecule has 0 unspecified atom stereocenters. The number of halogens is 2. The Bertz CT molecular complexity index is 360. The highest BCUT2D eigenvalue weighted by Gasteiger charge is 2.04. The fourth-order valence-electron chi connectivity index (χ4n) is 0.927. The number of aliphatic hydroxyl groups excluding tert-OH is 1. The van der Waals surface area contributed by atoms with Crippen LogP contribution >= 0.6 is 34.2 Å². The van der Waals surface area contributed by atoms with Crippen LogP contribution in [0.25, 0.3) is 0 Å². The molecule has 0 aliphatic rings. The molecule has 15 heavy (non-hydrogen) atoms. The molecule has 3 N–H and O–H groups in total. The third-order valence-electron chi connectivity index (χ3n) is 1.58. The zero-order valence-corrected chi connectivity index (χ0v) is 10.7. The second-order valence-electron chi connectivity index (χ2n) is 2.73. The normalized spacial score (nSPS) is 9.80. The Kier molecular flexibility index (Phi) is 5.13. The van der Waals surface area contributed by atoms with Gasteiger partial charge in [-0.3, -0.25) is 0 Å². The highest BCUT2D eigenvalue weighted by atomic mass is 127. The lowest BCUT2D eigenvalue weighted by atomic mass is 10.3. The molecular weight excluding hydrogens is 330 g/mol. The van der Waals surface area contributed by atoms with Crippen LogP contribution in [0.1, 0.15) is 0 Å². The number of carbonyl (C=O) groups excluding carboxylic acids is 1. The van der Waals surface area contributed by atoms with Crippen molar-refractivity contribution in [1.29, 1.82) is 0 Å². The topological polar surface area (TPSA) is 61.4 Å². The highest BCUT2D eigenvalue weighted by Crippen LogP contribution is 2.21. The van der Waals surface area contributed by atoms with E-state index in [0.29, 0.717) is 10.7 Å². The van der Waals surface area contributed by atoms with Crippen molar-refractivity contribution in [2.45, 2.75) is 0 Å². The van der Waals surface area contributed by atoms with E-state index >= 15 is 0 Å². The average molecular weight is 341 g/mol. The number of anilines is 1. The van der Waals surface area contributed by atoms with Gasteiger partial charge >= 0.3 is 6.03 Å². The summed E-state index contributed by atoms with van der Waals surface area (Å²) in [4.78, 5) is 11.2. The summed E-state index contributed by atoms with van der Waals surface area (Å²) in [6.45, 7) is 0.154. The van der Waals surface area contributed by atoms with E-state index in [4.69, 9.17) is 16.7 Å². The minimum Gasteiger partial charge on any atom is -0.395 e. The molecule has 0 heterocycles. The molecular formula is C9H10ClIN2O2. The number of urea groups is 1. The molecule has 0 atom stereocenters. The van der Waals surface area contributed by atoms with Crippen LogP contribution in [0, 0.1) is 3.57 Å². The molecule has 0 aliphatic heterocycles. The van der Waals surface area contributed by atoms with Crippen LogP contribution in [0.3, 0.4) is 0 Å². The quantitative estimate of drug-likeness (QED) is 0.738. The molecule has 0 radical (unpaired) electrons. The summed E-state index contributed by atoms with van der Waals surface area (Å²) in [5, 5.41) is 14.3. The molecule has 0 fully saturated rings. The Morgan fingerprint density at radius 2 is 2.27 bits per heavy atom. The van der Waals surface area contributed by atoms with Crippen molar-refractivity contribution in [1.82, 2.24) is 5.32 Å². The zero-order chi connectivity index (χ0) is 11.3. The molecule has 2 amide bonds. The molecule has 6 heteroatoms. The maximum atomic E-state index is 11.2. The summed E-state index contributed by atoms with van der Waals surface area (Å²) in [5.41, 5.74) is 0.690. The molecule has 0 spiro atoms. The van der Waals surface area contributed by atoms with E-state index in [1.54, 1.807) is 18.2 Å². The fraction of sp³-hybridized carbons (Fsp3) is 0.222. The molecule has 0 saturated carbocycles. The Morgan fingerprint density at radius 1 is 1.53 bits per heavy atom. The summed E-state index contributed by atoms with van der Waals surface area (Å²) >= 11 is 7.85. The first-order valence-electron chi connectivity index (χ1n) is 4.24. The van der Waals surface area contributed by atoms with Crippen LogP contribution in [0.15, 0.2) is 18.2 Å². The van der Waals surface area contributed by atoms with Crippen LogP contribution in [-0.4, -0.2) is 24.3 Å². The smallest absolute Gasteiger partial charge is 0.319 e. The Morgan fingerprint density at radius 3 is 2.87 bits per heavy atom. The average Bonchev–Trinajstić information content (AvgIpc) is 2.19. The van der Waals surface area contributed by atoms with Crippen molar-refractivity contribution in [2.24, 2.45) is 0 Å². The summed E-state index contributed by atoms with van der Waals surface area (Å²) in [6.07, 6.45) is 0. The van der Waals surface area contributed by atoms with Crippen LogP contribution in [0.2, 0.25) is 5.02 Å². The fourth-order valence-corrected chi connectivity index (χ4v) is 1.93. The van der Waals surface area contributed by atoms with E-state index in [1.165, 1.54) is 0 Å². The van der Waals surface area contributed by atoms with Gasteiger partial charge in [-0.05, 0) is 40.8 Å². The van der Waals surface area contributed by atoms with Gasteiger partial charge in [0.25, 0.3) is 0 Å². The molecule has 0 aromatic heterocycles. The maximum absolute atomic E-state index is 11.2. The van der Waals surface area contributed by atoms with E-state index < -0.39 is 0 Å². The zero-order valence-electron chi connectivity index (χ0n) is 7.76. The minimum absolute atomic E-state index is 0.0782. The van der Waals surface area contributed by atoms with Gasteiger partial charge in [-0.25, -0.2) is 4.79 Å². The van der Waals surface area contributed by atoms with E-state index in [1.807, 2.05) is 0 Å². The summed E-state index contributed by atoms with van der Waals surface area (Å²) in [6, 6.07) is 4.84. The van der Waals surface area contributed by atoms with Crippen LogP contribution < -0.4 is 10.6 Å². The maximum Gasteiger partial charge on any atom is 0.319 e. The second-order valence-corrected chi connectivity index (χ2v) is 4.33. The van der Waals surface area contributed by atoms with Crippen molar-refractivity contribution in [3.8, 4) is 0 Å². The number of hydrogen-bond acceptors (Lipinski definition) is 2. The SMILES string of the molecule is O=C(NCCO)Nc1ccc(Cl)cc1I. The molecule has 0 aliphatic carbocycles. The van der Waals surface area contributed by atoms with Gasteiger partial charge in [0.15, 0.2) is 0 Å². The predicted octanol–water partition coefficient (Wildman–Crippen LogP) is 2.06. The van der Waals surface area contributed by atoms with E-state index in [0.717, 1.165) is 3.57 Å². The number of carbonyl (C=O) groups is 1. The first-order chi connectivity index (χ1) is 7.13. The molecule has 82 valence electrons. The van der Waals surface area contributed by atoms with Crippen molar-refractivity contribution >= 4 is 45.9 Å². The lowest BCUT2D eigenvalue weighted by Crippen LogP contribution is -2.31. The number of aliphatic hydroxyl groups is 1. The summed E-state index contributed by atoms with van der Waals surface area (Å²) in [5.74, 6) is 0. The third-order valence-corrected chi connectivity index (χ3v) is 2.70. The first-order valence-corrected chi connectivity index (χ1v) is 5.70. The molecule has 4 nitrogen and oxygen atoms in total. The number of nitrogens with one attached hydrogen (secondary N) is 2. The van der Waals surface area contributed by atoms with Gasteiger partial charge in [0, 0.05) is 15.1 Å². The van der Waals surface area contributed by atoms with Gasteiger partial charge in [0.1, 0.15) is 0 Å². The van der Waals surface area contributed by atoms with Crippen molar-refractivity contribution in [3.05, 3.63) is 26.8 Å². The minimum atomic E-state index is -0.343. The third kappa shape index (κ3) is 4.23. The van der Waals surface area contributed by atoms with Crippen molar-refractivity contribution in [3.63, 3.8) is 0 Å². The van der Waals surface area contributed by atoms with Crippen LogP contribution in [-0.2, 0) is 0 Å². The Hall–Kier alpha value is -0.530. The number of amides is 2. The van der Waals surface area contributed by atoms with Gasteiger partial charge in [-0.1, -0.05) is 11.6 Å². The Balaban J connectivity index is 2.60. The van der Waals surface area contributed by atoms with Crippen molar-refractivity contribution < 1.29 is 9.90 Å². The van der Waals surface area contributed by atoms with Gasteiger partial charge < -0.3 is 15.7 Å². The van der Waals surface area contributed by atoms with Gasteiger partial charge in [0.05, 0.1) is 12.3 Å². The number of rotatable bonds is 3. The number of benzene rings is 1. The predicted molar refractivity (Wildman–Crippen MR) is 68.3 cm³/mol. The molecule has 0 bridgehead atoms. The molecule has 1 rings (SSSR count). The number of hydrogen-bond donors (Lipinski definition) is 3. The van der Waals surface area contributed by atoms with Gasteiger partial charge in [-0.2, -0.15) is 0 Å². The lowest BCUT2D eigenvalue weighted by Gasteiger charge is -2.08. The van der Waals surface area contributed by atoms with Gasteiger partial charge in [0.2, 0.25) is 0 Å². The second kappa shape index (κ2) is 6.14. The summed E-state index contributed by atoms with van der Waals surface area (Å²) in [7, 11) is 0. The standard InChI is InChI=1S/C9H10ClIN2O2/c10-6-1-2-8(7(11)5-6)13-9(15)12-3-4-14/h1-2,5,14H,3-4H2,(H2,12,13,15). The largest absolute Gasteiger partial charge is 0.395 e. The van der Waals surface area contributed by atoms with Crippen LogP contribution in [0.5, 0.6) is 0 Å². The van der Waals surface area contributed by atoms with Gasteiger partial charge in [-0.15, -0.1) is 0 Å².